The van der Waals surface area contributed by atoms with Crippen molar-refractivity contribution in [3.05, 3.63) is 170 Å². The van der Waals surface area contributed by atoms with E-state index in [1.165, 1.54) is 6.07 Å². The number of para-hydroxylation sites is 1. The molecule has 1 heterocycles. The summed E-state index contributed by atoms with van der Waals surface area (Å²) in [5.41, 5.74) is 3.47. The van der Waals surface area contributed by atoms with E-state index in [2.05, 4.69) is 0 Å². The van der Waals surface area contributed by atoms with Crippen molar-refractivity contribution in [1.82, 2.24) is 0 Å². The van der Waals surface area contributed by atoms with Gasteiger partial charge in [-0.1, -0.05) is 145 Å². The number of rotatable bonds is 4. The van der Waals surface area contributed by atoms with Crippen LogP contribution in [0.2, 0.25) is 0 Å². The zero-order valence-electron chi connectivity index (χ0n) is 36.6. The van der Waals surface area contributed by atoms with E-state index in [0.717, 1.165) is 10.9 Å². The first-order valence-corrected chi connectivity index (χ1v) is 14.4. The van der Waals surface area contributed by atoms with Crippen molar-refractivity contribution in [2.75, 3.05) is 0 Å². The van der Waals surface area contributed by atoms with Gasteiger partial charge in [0.05, 0.1) is 17.8 Å². The van der Waals surface area contributed by atoms with Gasteiger partial charge in [0.2, 0.25) is 0 Å². The number of benzene rings is 8. The van der Waals surface area contributed by atoms with Crippen LogP contribution < -0.4 is 0 Å². The summed E-state index contributed by atoms with van der Waals surface area (Å²) in [5, 5.41) is 1.44. The minimum Gasteiger partial charge on any atom is -0.456 e. The molecule has 9 rings (SSSR count). The summed E-state index contributed by atoms with van der Waals surface area (Å²) in [4.78, 5) is 0. The van der Waals surface area contributed by atoms with Crippen LogP contribution in [-0.4, -0.2) is 0 Å². The summed E-state index contributed by atoms with van der Waals surface area (Å²) in [6.07, 6.45) is 0. The lowest BCUT2D eigenvalue weighted by molar-refractivity contribution is 0.669. The van der Waals surface area contributed by atoms with Gasteiger partial charge in [-0.2, -0.15) is 0 Å². The fraction of sp³-hybridized carbons (Fsp3) is 0. The maximum atomic E-state index is 9.50. The molecule has 0 unspecified atom stereocenters. The minimum atomic E-state index is -0.564. The number of furan rings is 1. The molecule has 0 saturated heterocycles. The summed E-state index contributed by atoms with van der Waals surface area (Å²) in [5.74, 6) is 0. The molecule has 45 heavy (non-hydrogen) atoms. The molecule has 0 fully saturated rings. The highest BCUT2D eigenvalue weighted by molar-refractivity contribution is 6.23. The maximum Gasteiger partial charge on any atom is 0.136 e. The maximum absolute atomic E-state index is 9.50. The standard InChI is InChI=1S/C44H28O/c1-3-14-29(15-4-1)31-18-13-19-32(26-31)43-34-21-7-9-23-36(34)44(37-24-10-8-22-35(37)43)40-27-39-33-20-11-12-25-41(33)45-42(39)28-38(40)30-16-5-2-6-17-30/h1-28H/i1D,3D,4D,7D,8D,9D,10D,14D,15D,21D,22D,23D,24D. The second-order valence-electron chi connectivity index (χ2n) is 10.7. The van der Waals surface area contributed by atoms with Gasteiger partial charge in [0.25, 0.3) is 0 Å². The van der Waals surface area contributed by atoms with Crippen molar-refractivity contribution in [3.8, 4) is 44.5 Å². The van der Waals surface area contributed by atoms with Gasteiger partial charge in [-0.25, -0.2) is 0 Å². The molecule has 0 aliphatic heterocycles. The first-order chi connectivity index (χ1) is 27.7. The Labute approximate surface area is 279 Å². The van der Waals surface area contributed by atoms with E-state index in [1.54, 1.807) is 18.2 Å². The summed E-state index contributed by atoms with van der Waals surface area (Å²) >= 11 is 0. The van der Waals surface area contributed by atoms with E-state index >= 15 is 0 Å². The number of hydrogen-bond acceptors (Lipinski definition) is 1. The Morgan fingerprint density at radius 3 is 1.69 bits per heavy atom. The quantitative estimate of drug-likeness (QED) is 0.187. The Morgan fingerprint density at radius 2 is 0.956 bits per heavy atom. The smallest absolute Gasteiger partial charge is 0.136 e. The molecule has 0 atom stereocenters. The van der Waals surface area contributed by atoms with Gasteiger partial charge in [0.1, 0.15) is 11.2 Å². The van der Waals surface area contributed by atoms with E-state index in [9.17, 15) is 5.48 Å². The Balaban J connectivity index is 1.54. The Morgan fingerprint density at radius 1 is 0.356 bits per heavy atom. The highest BCUT2D eigenvalue weighted by atomic mass is 16.3. The van der Waals surface area contributed by atoms with Gasteiger partial charge in [0.15, 0.2) is 0 Å². The summed E-state index contributed by atoms with van der Waals surface area (Å²) in [6.45, 7) is 0. The molecule has 8 aromatic carbocycles. The Bertz CT molecular complexity index is 3150. The van der Waals surface area contributed by atoms with Crippen LogP contribution in [0.5, 0.6) is 0 Å². The van der Waals surface area contributed by atoms with Crippen LogP contribution in [0.3, 0.4) is 0 Å². The lowest BCUT2D eigenvalue weighted by Gasteiger charge is -2.20. The van der Waals surface area contributed by atoms with E-state index in [1.807, 2.05) is 66.7 Å². The normalized spacial score (nSPS) is 15.6. The molecular formula is C44H28O. The number of fused-ring (bicyclic) bond motifs is 5. The zero-order valence-corrected chi connectivity index (χ0v) is 23.6. The molecule has 0 N–H and O–H groups in total. The van der Waals surface area contributed by atoms with Crippen molar-refractivity contribution in [1.29, 1.82) is 0 Å². The largest absolute Gasteiger partial charge is 0.456 e. The molecule has 9 aromatic rings. The third-order valence-corrected chi connectivity index (χ3v) is 8.19. The fourth-order valence-corrected chi connectivity index (χ4v) is 6.24. The van der Waals surface area contributed by atoms with Crippen molar-refractivity contribution < 1.29 is 22.2 Å². The van der Waals surface area contributed by atoms with Gasteiger partial charge in [0, 0.05) is 10.8 Å². The van der Waals surface area contributed by atoms with Crippen LogP contribution in [0.15, 0.2) is 174 Å². The molecule has 0 aliphatic rings. The average molecular weight is 586 g/mol. The third kappa shape index (κ3) is 4.17. The molecule has 0 saturated carbocycles. The van der Waals surface area contributed by atoms with Gasteiger partial charge < -0.3 is 4.42 Å². The van der Waals surface area contributed by atoms with Gasteiger partial charge >= 0.3 is 0 Å². The number of hydrogen-bond donors (Lipinski definition) is 0. The molecule has 0 aliphatic carbocycles. The van der Waals surface area contributed by atoms with E-state index in [-0.39, 0.29) is 49.4 Å². The molecule has 0 radical (unpaired) electrons. The van der Waals surface area contributed by atoms with Gasteiger partial charge in [-0.3, -0.25) is 0 Å². The second kappa shape index (κ2) is 10.4. The van der Waals surface area contributed by atoms with E-state index in [4.69, 9.17) is 16.8 Å². The first kappa shape index (κ1) is 15.7. The van der Waals surface area contributed by atoms with Crippen molar-refractivity contribution in [2.45, 2.75) is 0 Å². The molecule has 1 heteroatoms. The van der Waals surface area contributed by atoms with E-state index in [0.29, 0.717) is 27.7 Å². The SMILES string of the molecule is [2H]c1c([2H])c([2H])c(-c2cccc(-c3c4c([2H])c([2H])c([2H])c([2H])c4c(-c4cc5c(cc4-c4ccccc4)oc4ccccc45)c4c([2H])c([2H])c([2H])c([2H])c34)c2)c([2H])c1[2H]. The molecule has 1 nitrogen and oxygen atoms in total. The van der Waals surface area contributed by atoms with Crippen LogP contribution in [0.1, 0.15) is 17.8 Å². The Kier molecular flexibility index (Phi) is 3.62. The van der Waals surface area contributed by atoms with Crippen LogP contribution in [0, 0.1) is 0 Å². The van der Waals surface area contributed by atoms with Crippen LogP contribution in [0.25, 0.3) is 88.0 Å². The van der Waals surface area contributed by atoms with Crippen LogP contribution in [-0.2, 0) is 0 Å². The van der Waals surface area contributed by atoms with Crippen molar-refractivity contribution in [2.24, 2.45) is 0 Å². The molecule has 210 valence electrons. The molecule has 0 spiro atoms. The lowest BCUT2D eigenvalue weighted by atomic mass is 9.83. The molecule has 0 bridgehead atoms. The van der Waals surface area contributed by atoms with Gasteiger partial charge in [-0.15, -0.1) is 0 Å². The topological polar surface area (TPSA) is 13.1 Å². The van der Waals surface area contributed by atoms with Crippen molar-refractivity contribution >= 4 is 43.5 Å². The molecule has 1 aromatic heterocycles. The molecule has 0 amide bonds. The zero-order chi connectivity index (χ0) is 41.1. The molecular weight excluding hydrogens is 544 g/mol. The summed E-state index contributed by atoms with van der Waals surface area (Å²) < 4.78 is 122. The van der Waals surface area contributed by atoms with Crippen LogP contribution >= 0.6 is 0 Å². The highest BCUT2D eigenvalue weighted by Gasteiger charge is 2.21. The predicted octanol–water partition coefficient (Wildman–Crippen LogP) is 12.6. The second-order valence-corrected chi connectivity index (χ2v) is 10.7. The van der Waals surface area contributed by atoms with E-state index < -0.39 is 78.6 Å². The predicted molar refractivity (Wildman–Crippen MR) is 190 cm³/mol. The minimum absolute atomic E-state index is 0.0103. The highest BCUT2D eigenvalue weighted by Crippen LogP contribution is 2.48. The van der Waals surface area contributed by atoms with Gasteiger partial charge in [-0.05, 0) is 90.3 Å². The summed E-state index contributed by atoms with van der Waals surface area (Å²) in [6, 6.07) is 20.1. The Hall–Kier alpha value is -5.92. The monoisotopic (exact) mass is 585 g/mol. The van der Waals surface area contributed by atoms with Crippen molar-refractivity contribution in [3.63, 3.8) is 0 Å². The first-order valence-electron chi connectivity index (χ1n) is 20.9. The fourth-order valence-electron chi connectivity index (χ4n) is 6.24. The average Bonchev–Trinajstić information content (AvgIpc) is 3.61. The summed E-state index contributed by atoms with van der Waals surface area (Å²) in [7, 11) is 0. The lowest BCUT2D eigenvalue weighted by Crippen LogP contribution is -1.93. The van der Waals surface area contributed by atoms with Crippen LogP contribution in [0.4, 0.5) is 0 Å². The third-order valence-electron chi connectivity index (χ3n) is 8.19.